The van der Waals surface area contributed by atoms with E-state index in [-0.39, 0.29) is 4.21 Å². The van der Waals surface area contributed by atoms with E-state index in [2.05, 4.69) is 4.72 Å². The molecule has 1 heterocycles. The fourth-order valence-electron chi connectivity index (χ4n) is 1.30. The van der Waals surface area contributed by atoms with Gasteiger partial charge in [-0.1, -0.05) is 11.6 Å². The Kier molecular flexibility index (Phi) is 5.36. The Labute approximate surface area is 110 Å². The van der Waals surface area contributed by atoms with E-state index in [0.29, 0.717) is 4.34 Å². The second-order valence-corrected chi connectivity index (χ2v) is 6.96. The predicted molar refractivity (Wildman–Crippen MR) is 66.9 cm³/mol. The van der Waals surface area contributed by atoms with Crippen molar-refractivity contribution in [1.82, 2.24) is 4.72 Å². The minimum Gasteiger partial charge on any atom is -0.354 e. The van der Waals surface area contributed by atoms with E-state index in [1.165, 1.54) is 26.4 Å². The highest BCUT2D eigenvalue weighted by molar-refractivity contribution is 7.91. The fraction of sp³-hybridized carbons (Fsp3) is 0.556. The zero-order valence-corrected chi connectivity index (χ0v) is 12.0. The van der Waals surface area contributed by atoms with Crippen molar-refractivity contribution >= 4 is 33.0 Å². The molecule has 0 aromatic carbocycles. The van der Waals surface area contributed by atoms with E-state index in [9.17, 15) is 8.42 Å². The lowest BCUT2D eigenvalue weighted by molar-refractivity contribution is -0.115. The van der Waals surface area contributed by atoms with Crippen LogP contribution >= 0.6 is 22.9 Å². The molecule has 0 amide bonds. The molecule has 1 rings (SSSR count). The highest BCUT2D eigenvalue weighted by atomic mass is 35.5. The number of nitrogens with one attached hydrogen (secondary N) is 1. The topological polar surface area (TPSA) is 64.6 Å². The summed E-state index contributed by atoms with van der Waals surface area (Å²) in [6, 6.07) is 2.49. The molecule has 0 radical (unpaired) electrons. The van der Waals surface area contributed by atoms with Crippen LogP contribution in [0, 0.1) is 0 Å². The summed E-state index contributed by atoms with van der Waals surface area (Å²) in [5.74, 6) is 0. The van der Waals surface area contributed by atoms with E-state index in [0.717, 1.165) is 11.3 Å². The molecule has 0 bridgehead atoms. The average Bonchev–Trinajstić information content (AvgIpc) is 2.66. The minimum absolute atomic E-state index is 0.167. The van der Waals surface area contributed by atoms with Crippen molar-refractivity contribution in [2.45, 2.75) is 23.5 Å². The molecule has 0 saturated carbocycles. The van der Waals surface area contributed by atoms with Crippen LogP contribution in [-0.4, -0.2) is 35.0 Å². The van der Waals surface area contributed by atoms with Crippen molar-refractivity contribution in [3.8, 4) is 0 Å². The van der Waals surface area contributed by atoms with Crippen LogP contribution in [0.1, 0.15) is 6.92 Å². The van der Waals surface area contributed by atoms with E-state index in [1.54, 1.807) is 6.92 Å². The molecule has 0 saturated heterocycles. The summed E-state index contributed by atoms with van der Waals surface area (Å²) in [4.78, 5) is 0. The van der Waals surface area contributed by atoms with Crippen LogP contribution in [0.4, 0.5) is 0 Å². The average molecular weight is 300 g/mol. The van der Waals surface area contributed by atoms with Crippen molar-refractivity contribution in [1.29, 1.82) is 0 Å². The van der Waals surface area contributed by atoms with Gasteiger partial charge in [-0.3, -0.25) is 0 Å². The van der Waals surface area contributed by atoms with Gasteiger partial charge < -0.3 is 9.47 Å². The SMILES string of the molecule is COC(OC)C(C)NS(=O)(=O)c1ccc(Cl)s1. The van der Waals surface area contributed by atoms with Crippen LogP contribution in [0.5, 0.6) is 0 Å². The molecular formula is C9H14ClNO4S2. The third-order valence-corrected chi connectivity index (χ3v) is 5.31. The summed E-state index contributed by atoms with van der Waals surface area (Å²) >= 11 is 6.69. The Morgan fingerprint density at radius 3 is 2.35 bits per heavy atom. The standard InChI is InChI=1S/C9H14ClNO4S2/c1-6(9(14-2)15-3)11-17(12,13)8-5-4-7(10)16-8/h4-6,9,11H,1-3H3. The Bertz CT molecular complexity index is 455. The van der Waals surface area contributed by atoms with Crippen LogP contribution in [0.2, 0.25) is 4.34 Å². The largest absolute Gasteiger partial charge is 0.354 e. The highest BCUT2D eigenvalue weighted by Crippen LogP contribution is 2.25. The smallest absolute Gasteiger partial charge is 0.250 e. The summed E-state index contributed by atoms with van der Waals surface area (Å²) < 4.78 is 36.8. The third-order valence-electron chi connectivity index (χ3n) is 2.03. The highest BCUT2D eigenvalue weighted by Gasteiger charge is 2.24. The maximum Gasteiger partial charge on any atom is 0.250 e. The Hall–Kier alpha value is -0.180. The third kappa shape index (κ3) is 3.90. The Balaban J connectivity index is 2.80. The first-order chi connectivity index (χ1) is 7.90. The quantitative estimate of drug-likeness (QED) is 0.812. The lowest BCUT2D eigenvalue weighted by Crippen LogP contribution is -2.42. The van der Waals surface area contributed by atoms with Crippen molar-refractivity contribution in [3.63, 3.8) is 0 Å². The van der Waals surface area contributed by atoms with Gasteiger partial charge in [-0.15, -0.1) is 11.3 Å². The molecule has 0 aliphatic heterocycles. The summed E-state index contributed by atoms with van der Waals surface area (Å²) in [6.07, 6.45) is -0.639. The number of thiophene rings is 1. The summed E-state index contributed by atoms with van der Waals surface area (Å²) in [5.41, 5.74) is 0. The van der Waals surface area contributed by atoms with Gasteiger partial charge >= 0.3 is 0 Å². The molecule has 5 nitrogen and oxygen atoms in total. The predicted octanol–water partition coefficient (Wildman–Crippen LogP) is 1.69. The van der Waals surface area contributed by atoms with Crippen molar-refractivity contribution < 1.29 is 17.9 Å². The monoisotopic (exact) mass is 299 g/mol. The maximum absolute atomic E-state index is 11.9. The van der Waals surface area contributed by atoms with Gasteiger partial charge in [0.15, 0.2) is 6.29 Å². The zero-order valence-electron chi connectivity index (χ0n) is 9.64. The first kappa shape index (κ1) is 14.9. The Morgan fingerprint density at radius 1 is 1.35 bits per heavy atom. The fourth-order valence-corrected chi connectivity index (χ4v) is 4.04. The van der Waals surface area contributed by atoms with Crippen LogP contribution in [0.3, 0.4) is 0 Å². The molecular weight excluding hydrogens is 286 g/mol. The van der Waals surface area contributed by atoms with Gasteiger partial charge in [0.2, 0.25) is 0 Å². The molecule has 0 aliphatic carbocycles. The molecule has 1 aromatic heterocycles. The normalized spacial score (nSPS) is 14.2. The molecule has 1 aromatic rings. The number of rotatable bonds is 6. The van der Waals surface area contributed by atoms with Crippen LogP contribution in [0.15, 0.2) is 16.3 Å². The second kappa shape index (κ2) is 6.12. The summed E-state index contributed by atoms with van der Waals surface area (Å²) in [6.45, 7) is 1.66. The first-order valence-electron chi connectivity index (χ1n) is 4.74. The van der Waals surface area contributed by atoms with Crippen LogP contribution < -0.4 is 4.72 Å². The molecule has 17 heavy (non-hydrogen) atoms. The molecule has 98 valence electrons. The molecule has 1 N–H and O–H groups in total. The Morgan fingerprint density at radius 2 is 1.94 bits per heavy atom. The number of sulfonamides is 1. The van der Waals surface area contributed by atoms with Crippen molar-refractivity contribution in [3.05, 3.63) is 16.5 Å². The number of halogens is 1. The van der Waals surface area contributed by atoms with E-state index in [4.69, 9.17) is 21.1 Å². The van der Waals surface area contributed by atoms with Gasteiger partial charge in [0.25, 0.3) is 10.0 Å². The van der Waals surface area contributed by atoms with Gasteiger partial charge in [0.05, 0.1) is 10.4 Å². The van der Waals surface area contributed by atoms with E-state index >= 15 is 0 Å². The lowest BCUT2D eigenvalue weighted by Gasteiger charge is -2.21. The van der Waals surface area contributed by atoms with Crippen LogP contribution in [0.25, 0.3) is 0 Å². The molecule has 1 unspecified atom stereocenters. The number of methoxy groups -OCH3 is 2. The first-order valence-corrected chi connectivity index (χ1v) is 7.41. The summed E-state index contributed by atoms with van der Waals surface area (Å²) in [5, 5.41) is 0. The molecule has 8 heteroatoms. The van der Waals surface area contributed by atoms with Crippen molar-refractivity contribution in [2.24, 2.45) is 0 Å². The maximum atomic E-state index is 11.9. The van der Waals surface area contributed by atoms with Crippen LogP contribution in [-0.2, 0) is 19.5 Å². The number of hydrogen-bond acceptors (Lipinski definition) is 5. The van der Waals surface area contributed by atoms with E-state index < -0.39 is 22.4 Å². The van der Waals surface area contributed by atoms with Crippen molar-refractivity contribution in [2.75, 3.05) is 14.2 Å². The molecule has 0 fully saturated rings. The lowest BCUT2D eigenvalue weighted by atomic mass is 10.3. The number of ether oxygens (including phenoxy) is 2. The van der Waals surface area contributed by atoms with Gasteiger partial charge in [0.1, 0.15) is 4.21 Å². The summed E-state index contributed by atoms with van der Waals surface area (Å²) in [7, 11) is -0.689. The minimum atomic E-state index is -3.58. The zero-order chi connectivity index (χ0) is 13.1. The number of hydrogen-bond donors (Lipinski definition) is 1. The van der Waals surface area contributed by atoms with Gasteiger partial charge in [0, 0.05) is 14.2 Å². The van der Waals surface area contributed by atoms with E-state index in [1.807, 2.05) is 0 Å². The molecule has 0 aliphatic rings. The second-order valence-electron chi connectivity index (χ2n) is 3.31. The molecule has 1 atom stereocenters. The molecule has 0 spiro atoms. The van der Waals surface area contributed by atoms with Gasteiger partial charge in [-0.05, 0) is 19.1 Å². The van der Waals surface area contributed by atoms with Gasteiger partial charge in [-0.2, -0.15) is 0 Å². The van der Waals surface area contributed by atoms with Gasteiger partial charge in [-0.25, -0.2) is 13.1 Å².